The molecular weight excluding hydrogens is 532 g/mol. The number of benzene rings is 1. The minimum absolute atomic E-state index is 0.0257. The van der Waals surface area contributed by atoms with Crippen LogP contribution in [0.15, 0.2) is 48.8 Å². The van der Waals surface area contributed by atoms with Crippen molar-refractivity contribution in [1.82, 2.24) is 15.2 Å². The molecule has 3 amide bonds. The third kappa shape index (κ3) is 7.30. The number of aliphatic hydroxyl groups is 1. The van der Waals surface area contributed by atoms with Gasteiger partial charge in [-0.25, -0.2) is 4.79 Å². The Labute approximate surface area is 249 Å². The third-order valence-electron chi connectivity index (χ3n) is 8.04. The average Bonchev–Trinajstić information content (AvgIpc) is 2.91. The summed E-state index contributed by atoms with van der Waals surface area (Å²) in [6.45, 7) is 11.5. The summed E-state index contributed by atoms with van der Waals surface area (Å²) in [7, 11) is 0. The van der Waals surface area contributed by atoms with Crippen molar-refractivity contribution in [3.05, 3.63) is 59.9 Å². The van der Waals surface area contributed by atoms with E-state index < -0.39 is 35.6 Å². The highest BCUT2D eigenvalue weighted by atomic mass is 16.6. The van der Waals surface area contributed by atoms with E-state index in [1.807, 2.05) is 24.3 Å². The van der Waals surface area contributed by atoms with E-state index in [-0.39, 0.29) is 30.5 Å². The average molecular weight is 579 g/mol. The molecule has 3 unspecified atom stereocenters. The Morgan fingerprint density at radius 1 is 1.05 bits per heavy atom. The summed E-state index contributed by atoms with van der Waals surface area (Å²) in [5.74, 6) is -1.24. The molecule has 0 bridgehead atoms. The maximum Gasteiger partial charge on any atom is 0.410 e. The van der Waals surface area contributed by atoms with Gasteiger partial charge in [-0.15, -0.1) is 0 Å². The van der Waals surface area contributed by atoms with Gasteiger partial charge in [0.2, 0.25) is 5.91 Å². The quantitative estimate of drug-likeness (QED) is 0.471. The number of hydrogen-bond donors (Lipinski definition) is 2. The van der Waals surface area contributed by atoms with Crippen LogP contribution >= 0.6 is 0 Å². The second-order valence-corrected chi connectivity index (χ2v) is 13.6. The second-order valence-electron chi connectivity index (χ2n) is 13.6. The monoisotopic (exact) mass is 578 g/mol. The lowest BCUT2D eigenvalue weighted by Gasteiger charge is -2.48. The van der Waals surface area contributed by atoms with Gasteiger partial charge in [0.15, 0.2) is 0 Å². The van der Waals surface area contributed by atoms with Crippen LogP contribution in [0.3, 0.4) is 0 Å². The van der Waals surface area contributed by atoms with E-state index in [0.29, 0.717) is 11.3 Å². The van der Waals surface area contributed by atoms with Crippen LogP contribution in [0.2, 0.25) is 0 Å². The number of nitrogens with one attached hydrogen (secondary N) is 1. The summed E-state index contributed by atoms with van der Waals surface area (Å²) in [6, 6.07) is 9.16. The smallest absolute Gasteiger partial charge is 0.410 e. The van der Waals surface area contributed by atoms with Gasteiger partial charge in [-0.3, -0.25) is 24.4 Å². The van der Waals surface area contributed by atoms with Crippen molar-refractivity contribution in [1.29, 1.82) is 0 Å². The summed E-state index contributed by atoms with van der Waals surface area (Å²) in [5, 5.41) is 13.4. The fraction of sp³-hybridized carbons (Fsp3) is 0.576. The summed E-state index contributed by atoms with van der Waals surface area (Å²) in [6.07, 6.45) is 7.62. The fourth-order valence-corrected chi connectivity index (χ4v) is 5.73. The normalized spacial score (nSPS) is 20.3. The molecule has 3 atom stereocenters. The van der Waals surface area contributed by atoms with Crippen LogP contribution in [0, 0.1) is 5.92 Å². The zero-order chi connectivity index (χ0) is 30.7. The number of aromatic nitrogens is 1. The number of likely N-dealkylation sites (tertiary alicyclic amines) is 1. The molecule has 2 heterocycles. The number of pyridine rings is 1. The summed E-state index contributed by atoms with van der Waals surface area (Å²) >= 11 is 0. The highest BCUT2D eigenvalue weighted by Gasteiger charge is 2.51. The molecule has 2 aromatic rings. The van der Waals surface area contributed by atoms with Gasteiger partial charge < -0.3 is 15.2 Å². The number of carbonyl (C=O) groups is 3. The molecule has 1 saturated carbocycles. The number of hydrogen-bond acceptors (Lipinski definition) is 6. The van der Waals surface area contributed by atoms with Crippen LogP contribution in [0.25, 0.3) is 0 Å². The Bertz CT molecular complexity index is 1230. The molecule has 9 nitrogen and oxygen atoms in total. The number of carbonyl (C=O) groups excluding carboxylic acids is 3. The molecule has 0 radical (unpaired) electrons. The Morgan fingerprint density at radius 2 is 1.71 bits per heavy atom. The van der Waals surface area contributed by atoms with E-state index in [1.54, 1.807) is 45.3 Å². The zero-order valence-electron chi connectivity index (χ0n) is 25.8. The van der Waals surface area contributed by atoms with Gasteiger partial charge in [0, 0.05) is 42.1 Å². The zero-order valence-corrected chi connectivity index (χ0v) is 25.8. The Kier molecular flexibility index (Phi) is 9.60. The second kappa shape index (κ2) is 12.8. The largest absolute Gasteiger partial charge is 0.444 e. The first kappa shape index (κ1) is 31.5. The lowest BCUT2D eigenvalue weighted by molar-refractivity contribution is -0.137. The van der Waals surface area contributed by atoms with Gasteiger partial charge in [-0.05, 0) is 62.8 Å². The highest BCUT2D eigenvalue weighted by molar-refractivity contribution is 6.05. The van der Waals surface area contributed by atoms with Crippen molar-refractivity contribution < 1.29 is 24.2 Å². The SMILES string of the molecule is CC(C)(C)OC(=O)N1CC(CO)C1C(=O)N(c1ccc(C(C)(C)C)cc1)C(C(=O)NC1CCCCC1)c1cccnc1. The third-order valence-corrected chi connectivity index (χ3v) is 8.04. The Hall–Kier alpha value is -3.46. The van der Waals surface area contributed by atoms with Gasteiger partial charge in [0.1, 0.15) is 17.7 Å². The predicted octanol–water partition coefficient (Wildman–Crippen LogP) is 5.13. The molecule has 1 aromatic heterocycles. The first-order valence-electron chi connectivity index (χ1n) is 15.0. The molecule has 4 rings (SSSR count). The van der Waals surface area contributed by atoms with Crippen LogP contribution in [0.1, 0.15) is 90.8 Å². The van der Waals surface area contributed by atoms with Gasteiger partial charge in [-0.2, -0.15) is 0 Å². The van der Waals surface area contributed by atoms with Gasteiger partial charge in [0.25, 0.3) is 5.91 Å². The van der Waals surface area contributed by atoms with E-state index in [9.17, 15) is 19.5 Å². The molecule has 9 heteroatoms. The Morgan fingerprint density at radius 3 is 2.26 bits per heavy atom. The lowest BCUT2D eigenvalue weighted by Crippen LogP contribution is -2.67. The summed E-state index contributed by atoms with van der Waals surface area (Å²) in [5.41, 5.74) is 1.29. The molecular formula is C33H46N4O5. The standard InChI is InChI=1S/C33H46N4O5/c1-32(2,3)24-14-16-26(17-15-24)37(30(40)28-23(21-38)20-36(28)31(41)42-33(4,5)6)27(22-11-10-18-34-19-22)29(39)35-25-12-8-7-9-13-25/h10-11,14-19,23,25,27-28,38H,7-9,12-13,20-21H2,1-6H3,(H,35,39). The topological polar surface area (TPSA) is 112 Å². The summed E-state index contributed by atoms with van der Waals surface area (Å²) < 4.78 is 5.59. The van der Waals surface area contributed by atoms with E-state index >= 15 is 0 Å². The minimum Gasteiger partial charge on any atom is -0.444 e. The molecule has 1 aliphatic heterocycles. The van der Waals surface area contributed by atoms with Crippen molar-refractivity contribution in [3.8, 4) is 0 Å². The van der Waals surface area contributed by atoms with Crippen LogP contribution in [0.5, 0.6) is 0 Å². The van der Waals surface area contributed by atoms with Crippen LogP contribution in [-0.2, 0) is 19.7 Å². The molecule has 0 spiro atoms. The van der Waals surface area contributed by atoms with Crippen molar-refractivity contribution in [2.24, 2.45) is 5.92 Å². The molecule has 2 aliphatic rings. The molecule has 1 saturated heterocycles. The van der Waals surface area contributed by atoms with Crippen molar-refractivity contribution >= 4 is 23.6 Å². The number of aliphatic hydroxyl groups excluding tert-OH is 1. The number of nitrogens with zero attached hydrogens (tertiary/aromatic N) is 3. The van der Waals surface area contributed by atoms with Crippen molar-refractivity contribution in [2.75, 3.05) is 18.1 Å². The maximum absolute atomic E-state index is 14.6. The first-order chi connectivity index (χ1) is 19.8. The van der Waals surface area contributed by atoms with E-state index in [0.717, 1.165) is 37.7 Å². The number of rotatable bonds is 7. The molecule has 1 aromatic carbocycles. The van der Waals surface area contributed by atoms with E-state index in [1.165, 1.54) is 9.80 Å². The molecule has 1 aliphatic carbocycles. The highest BCUT2D eigenvalue weighted by Crippen LogP contribution is 2.36. The number of anilines is 1. The van der Waals surface area contributed by atoms with Gasteiger partial charge in [-0.1, -0.05) is 58.2 Å². The predicted molar refractivity (Wildman–Crippen MR) is 162 cm³/mol. The molecule has 228 valence electrons. The van der Waals surface area contributed by atoms with Crippen molar-refractivity contribution in [2.45, 2.75) is 103 Å². The Balaban J connectivity index is 1.79. The molecule has 2 fully saturated rings. The number of amides is 3. The minimum atomic E-state index is -1.03. The van der Waals surface area contributed by atoms with Crippen LogP contribution < -0.4 is 10.2 Å². The van der Waals surface area contributed by atoms with E-state index in [2.05, 4.69) is 31.1 Å². The first-order valence-corrected chi connectivity index (χ1v) is 15.0. The van der Waals surface area contributed by atoms with Crippen LogP contribution in [-0.4, -0.2) is 63.7 Å². The van der Waals surface area contributed by atoms with E-state index in [4.69, 9.17) is 4.74 Å². The van der Waals surface area contributed by atoms with Gasteiger partial charge in [0.05, 0.1) is 6.61 Å². The lowest BCUT2D eigenvalue weighted by atomic mass is 9.86. The fourth-order valence-electron chi connectivity index (χ4n) is 5.73. The maximum atomic E-state index is 14.6. The van der Waals surface area contributed by atoms with Crippen molar-refractivity contribution in [3.63, 3.8) is 0 Å². The molecule has 42 heavy (non-hydrogen) atoms. The molecule has 2 N–H and O–H groups in total. The summed E-state index contributed by atoms with van der Waals surface area (Å²) in [4.78, 5) is 49.0. The van der Waals surface area contributed by atoms with Crippen LogP contribution in [0.4, 0.5) is 10.5 Å². The number of ether oxygens (including phenoxy) is 1. The van der Waals surface area contributed by atoms with Gasteiger partial charge >= 0.3 is 6.09 Å².